The number of aliphatic carboxylic acids is 1. The Morgan fingerprint density at radius 1 is 1.39 bits per heavy atom. The molecule has 1 atom stereocenters. The number of carboxylic acids is 1. The highest BCUT2D eigenvalue weighted by atomic mass is 35.5. The molecule has 4 nitrogen and oxygen atoms in total. The highest BCUT2D eigenvalue weighted by Gasteiger charge is 2.22. The summed E-state index contributed by atoms with van der Waals surface area (Å²) < 4.78 is 0. The SMILES string of the molecule is CCNC(=O)CCC(C(=O)O)c1ccccc1Cl. The molecular weight excluding hydrogens is 254 g/mol. The first-order valence-corrected chi connectivity index (χ1v) is 6.18. The molecule has 0 saturated carbocycles. The highest BCUT2D eigenvalue weighted by Crippen LogP contribution is 2.28. The number of nitrogens with one attached hydrogen (secondary N) is 1. The van der Waals surface area contributed by atoms with Gasteiger partial charge in [0, 0.05) is 18.0 Å². The summed E-state index contributed by atoms with van der Waals surface area (Å²) in [4.78, 5) is 22.6. The Morgan fingerprint density at radius 2 is 2.06 bits per heavy atom. The predicted octanol–water partition coefficient (Wildman–Crippen LogP) is 2.42. The van der Waals surface area contributed by atoms with Crippen LogP contribution in [-0.2, 0) is 9.59 Å². The molecule has 0 aromatic heterocycles. The maximum atomic E-state index is 11.3. The molecule has 0 aliphatic carbocycles. The zero-order valence-corrected chi connectivity index (χ0v) is 10.9. The van der Waals surface area contributed by atoms with Crippen LogP contribution in [0.5, 0.6) is 0 Å². The van der Waals surface area contributed by atoms with Crippen LogP contribution in [0.25, 0.3) is 0 Å². The summed E-state index contributed by atoms with van der Waals surface area (Å²) in [7, 11) is 0. The molecule has 0 spiro atoms. The van der Waals surface area contributed by atoms with Crippen LogP contribution in [0.2, 0.25) is 5.02 Å². The number of hydrogen-bond donors (Lipinski definition) is 2. The zero-order valence-electron chi connectivity index (χ0n) is 10.1. The number of amides is 1. The van der Waals surface area contributed by atoms with Crippen molar-refractivity contribution < 1.29 is 14.7 Å². The third-order valence-electron chi connectivity index (χ3n) is 2.61. The normalized spacial score (nSPS) is 11.9. The molecule has 1 rings (SSSR count). The second-order valence-corrected chi connectivity index (χ2v) is 4.31. The Labute approximate surface area is 111 Å². The van der Waals surface area contributed by atoms with E-state index in [0.29, 0.717) is 17.1 Å². The van der Waals surface area contributed by atoms with E-state index in [2.05, 4.69) is 5.32 Å². The van der Waals surface area contributed by atoms with E-state index >= 15 is 0 Å². The van der Waals surface area contributed by atoms with Crippen molar-refractivity contribution in [1.29, 1.82) is 0 Å². The maximum absolute atomic E-state index is 11.3. The van der Waals surface area contributed by atoms with Gasteiger partial charge in [0.25, 0.3) is 0 Å². The van der Waals surface area contributed by atoms with Crippen molar-refractivity contribution in [2.75, 3.05) is 6.54 Å². The van der Waals surface area contributed by atoms with E-state index in [0.717, 1.165) is 0 Å². The van der Waals surface area contributed by atoms with E-state index in [1.165, 1.54) is 0 Å². The molecule has 98 valence electrons. The number of hydrogen-bond acceptors (Lipinski definition) is 2. The van der Waals surface area contributed by atoms with Gasteiger partial charge in [-0.25, -0.2) is 0 Å². The molecule has 0 radical (unpaired) electrons. The molecule has 1 aromatic carbocycles. The van der Waals surface area contributed by atoms with Gasteiger partial charge in [0.2, 0.25) is 5.91 Å². The minimum atomic E-state index is -0.965. The van der Waals surface area contributed by atoms with Gasteiger partial charge in [-0.2, -0.15) is 0 Å². The monoisotopic (exact) mass is 269 g/mol. The molecular formula is C13H16ClNO3. The van der Waals surface area contributed by atoms with Gasteiger partial charge in [0.1, 0.15) is 0 Å². The lowest BCUT2D eigenvalue weighted by atomic mass is 9.94. The fourth-order valence-corrected chi connectivity index (χ4v) is 2.00. The number of carbonyl (C=O) groups is 2. The number of rotatable bonds is 6. The van der Waals surface area contributed by atoms with Gasteiger partial charge in [0.05, 0.1) is 5.92 Å². The number of carboxylic acid groups (broad SMARTS) is 1. The first-order valence-electron chi connectivity index (χ1n) is 5.80. The lowest BCUT2D eigenvalue weighted by Crippen LogP contribution is -2.24. The summed E-state index contributed by atoms with van der Waals surface area (Å²) in [5.74, 6) is -1.86. The standard InChI is InChI=1S/C13H16ClNO3/c1-2-15-12(16)8-7-10(13(17)18)9-5-3-4-6-11(9)14/h3-6,10H,2,7-8H2,1H3,(H,15,16)(H,17,18). The van der Waals surface area contributed by atoms with E-state index in [9.17, 15) is 14.7 Å². The van der Waals surface area contributed by atoms with Gasteiger partial charge >= 0.3 is 5.97 Å². The fraction of sp³-hybridized carbons (Fsp3) is 0.385. The predicted molar refractivity (Wildman–Crippen MR) is 69.7 cm³/mol. The molecule has 0 aliphatic rings. The quantitative estimate of drug-likeness (QED) is 0.833. The maximum Gasteiger partial charge on any atom is 0.311 e. The van der Waals surface area contributed by atoms with Crippen molar-refractivity contribution >= 4 is 23.5 Å². The van der Waals surface area contributed by atoms with Gasteiger partial charge in [-0.1, -0.05) is 29.8 Å². The van der Waals surface area contributed by atoms with Crippen molar-refractivity contribution in [3.63, 3.8) is 0 Å². The van der Waals surface area contributed by atoms with Gasteiger partial charge in [-0.05, 0) is 25.0 Å². The molecule has 1 unspecified atom stereocenters. The Hall–Kier alpha value is -1.55. The van der Waals surface area contributed by atoms with E-state index in [1.54, 1.807) is 24.3 Å². The molecule has 0 aliphatic heterocycles. The van der Waals surface area contributed by atoms with E-state index in [-0.39, 0.29) is 18.7 Å². The molecule has 2 N–H and O–H groups in total. The van der Waals surface area contributed by atoms with E-state index < -0.39 is 11.9 Å². The lowest BCUT2D eigenvalue weighted by Gasteiger charge is -2.13. The van der Waals surface area contributed by atoms with Gasteiger partial charge < -0.3 is 10.4 Å². The minimum absolute atomic E-state index is 0.143. The van der Waals surface area contributed by atoms with Crippen LogP contribution in [0.15, 0.2) is 24.3 Å². The van der Waals surface area contributed by atoms with Gasteiger partial charge in [-0.3, -0.25) is 9.59 Å². The van der Waals surface area contributed by atoms with Crippen LogP contribution in [0.1, 0.15) is 31.2 Å². The van der Waals surface area contributed by atoms with Crippen LogP contribution < -0.4 is 5.32 Å². The topological polar surface area (TPSA) is 66.4 Å². The summed E-state index contributed by atoms with van der Waals surface area (Å²) >= 11 is 5.98. The number of halogens is 1. The van der Waals surface area contributed by atoms with Crippen LogP contribution in [-0.4, -0.2) is 23.5 Å². The van der Waals surface area contributed by atoms with Crippen molar-refractivity contribution in [3.05, 3.63) is 34.9 Å². The highest BCUT2D eigenvalue weighted by molar-refractivity contribution is 6.31. The fourth-order valence-electron chi connectivity index (χ4n) is 1.73. The summed E-state index contributed by atoms with van der Waals surface area (Å²) in [5, 5.41) is 12.3. The van der Waals surface area contributed by atoms with Crippen LogP contribution >= 0.6 is 11.6 Å². The van der Waals surface area contributed by atoms with Crippen LogP contribution in [0, 0.1) is 0 Å². The lowest BCUT2D eigenvalue weighted by molar-refractivity contribution is -0.139. The average molecular weight is 270 g/mol. The van der Waals surface area contributed by atoms with Crippen molar-refractivity contribution in [3.8, 4) is 0 Å². The van der Waals surface area contributed by atoms with Gasteiger partial charge in [-0.15, -0.1) is 0 Å². The molecule has 1 amide bonds. The van der Waals surface area contributed by atoms with Crippen molar-refractivity contribution in [1.82, 2.24) is 5.32 Å². The summed E-state index contributed by atoms with van der Waals surface area (Å²) in [5.41, 5.74) is 0.552. The molecule has 18 heavy (non-hydrogen) atoms. The van der Waals surface area contributed by atoms with Crippen LogP contribution in [0.3, 0.4) is 0 Å². The molecule has 5 heteroatoms. The van der Waals surface area contributed by atoms with Gasteiger partial charge in [0.15, 0.2) is 0 Å². The van der Waals surface area contributed by atoms with E-state index in [1.807, 2.05) is 6.92 Å². The Balaban J connectivity index is 2.76. The number of benzene rings is 1. The number of carbonyl (C=O) groups excluding carboxylic acids is 1. The third kappa shape index (κ3) is 4.04. The molecule has 0 bridgehead atoms. The summed E-state index contributed by atoms with van der Waals surface area (Å²) in [6.07, 6.45) is 0.418. The second-order valence-electron chi connectivity index (χ2n) is 3.90. The van der Waals surface area contributed by atoms with E-state index in [4.69, 9.17) is 11.6 Å². The second kappa shape index (κ2) is 7.01. The minimum Gasteiger partial charge on any atom is -0.481 e. The summed E-state index contributed by atoms with van der Waals surface area (Å²) in [6.45, 7) is 2.36. The molecule has 0 saturated heterocycles. The first kappa shape index (κ1) is 14.5. The third-order valence-corrected chi connectivity index (χ3v) is 2.96. The molecule has 0 heterocycles. The smallest absolute Gasteiger partial charge is 0.311 e. The van der Waals surface area contributed by atoms with Crippen molar-refractivity contribution in [2.24, 2.45) is 0 Å². The summed E-state index contributed by atoms with van der Waals surface area (Å²) in [6, 6.07) is 6.82. The first-order chi connectivity index (χ1) is 8.56. The van der Waals surface area contributed by atoms with Crippen molar-refractivity contribution in [2.45, 2.75) is 25.7 Å². The van der Waals surface area contributed by atoms with Crippen LogP contribution in [0.4, 0.5) is 0 Å². The largest absolute Gasteiger partial charge is 0.481 e. The Bertz CT molecular complexity index is 434. The molecule has 0 fully saturated rings. The average Bonchev–Trinajstić information content (AvgIpc) is 2.31. The molecule has 1 aromatic rings. The zero-order chi connectivity index (χ0) is 13.5. The Kier molecular flexibility index (Phi) is 5.65. The Morgan fingerprint density at radius 3 is 2.61 bits per heavy atom.